The first-order valence-electron chi connectivity index (χ1n) is 8.47. The molecule has 2 aromatic rings. The number of thiocarbonyl (C=S) groups is 1. The fourth-order valence-electron chi connectivity index (χ4n) is 2.64. The van der Waals surface area contributed by atoms with E-state index in [1.807, 2.05) is 0 Å². The third-order valence-electron chi connectivity index (χ3n) is 4.03. The smallest absolute Gasteiger partial charge is 0.261 e. The third-order valence-corrected chi connectivity index (χ3v) is 5.93. The molecule has 3 N–H and O–H groups in total. The Morgan fingerprint density at radius 2 is 1.78 bits per heavy atom. The van der Waals surface area contributed by atoms with Crippen molar-refractivity contribution in [3.63, 3.8) is 0 Å². The minimum absolute atomic E-state index is 0.154. The van der Waals surface area contributed by atoms with Gasteiger partial charge in [0.25, 0.3) is 10.0 Å². The van der Waals surface area contributed by atoms with E-state index >= 15 is 0 Å². The molecular formula is C18H20ClN3O3S2. The molecule has 1 atom stereocenters. The summed E-state index contributed by atoms with van der Waals surface area (Å²) >= 11 is 11.1. The van der Waals surface area contributed by atoms with Gasteiger partial charge in [-0.15, -0.1) is 0 Å². The number of nitrogens with one attached hydrogen (secondary N) is 3. The molecule has 1 fully saturated rings. The molecule has 0 aromatic heterocycles. The van der Waals surface area contributed by atoms with Gasteiger partial charge in [0.1, 0.15) is 0 Å². The van der Waals surface area contributed by atoms with Gasteiger partial charge in [0, 0.05) is 29.5 Å². The molecule has 6 nitrogen and oxygen atoms in total. The van der Waals surface area contributed by atoms with E-state index in [-0.39, 0.29) is 11.0 Å². The molecule has 0 radical (unpaired) electrons. The lowest BCUT2D eigenvalue weighted by atomic mass is 10.2. The van der Waals surface area contributed by atoms with Crippen molar-refractivity contribution in [3.05, 3.63) is 53.6 Å². The lowest BCUT2D eigenvalue weighted by Gasteiger charge is -2.14. The Hall–Kier alpha value is -1.87. The molecule has 3 rings (SSSR count). The molecule has 144 valence electrons. The molecule has 1 heterocycles. The highest BCUT2D eigenvalue weighted by molar-refractivity contribution is 7.92. The normalized spacial score (nSPS) is 16.7. The van der Waals surface area contributed by atoms with Crippen LogP contribution in [0.3, 0.4) is 0 Å². The van der Waals surface area contributed by atoms with Crippen LogP contribution in [0.15, 0.2) is 53.4 Å². The molecular weight excluding hydrogens is 406 g/mol. The fraction of sp³-hybridized carbons (Fsp3) is 0.278. The summed E-state index contributed by atoms with van der Waals surface area (Å²) in [5.41, 5.74) is 1.14. The molecule has 0 amide bonds. The first-order valence-corrected chi connectivity index (χ1v) is 10.7. The van der Waals surface area contributed by atoms with Crippen molar-refractivity contribution >= 4 is 50.3 Å². The Morgan fingerprint density at radius 1 is 1.11 bits per heavy atom. The van der Waals surface area contributed by atoms with E-state index in [0.29, 0.717) is 28.1 Å². The number of benzene rings is 2. The third kappa shape index (κ3) is 5.80. The summed E-state index contributed by atoms with van der Waals surface area (Å²) in [6, 6.07) is 12.8. The van der Waals surface area contributed by atoms with E-state index in [0.717, 1.165) is 19.4 Å². The van der Waals surface area contributed by atoms with Gasteiger partial charge in [-0.3, -0.25) is 4.72 Å². The molecule has 0 bridgehead atoms. The van der Waals surface area contributed by atoms with Gasteiger partial charge in [0.15, 0.2) is 5.11 Å². The van der Waals surface area contributed by atoms with Crippen molar-refractivity contribution in [3.8, 4) is 0 Å². The van der Waals surface area contributed by atoms with Crippen LogP contribution in [0.2, 0.25) is 5.02 Å². The van der Waals surface area contributed by atoms with Gasteiger partial charge >= 0.3 is 0 Å². The van der Waals surface area contributed by atoms with Crippen molar-refractivity contribution in [1.29, 1.82) is 0 Å². The quantitative estimate of drug-likeness (QED) is 0.613. The monoisotopic (exact) mass is 425 g/mol. The van der Waals surface area contributed by atoms with Crippen molar-refractivity contribution in [2.75, 3.05) is 23.2 Å². The second kappa shape index (κ2) is 8.88. The Morgan fingerprint density at radius 3 is 2.41 bits per heavy atom. The zero-order valence-electron chi connectivity index (χ0n) is 14.4. The molecule has 9 heteroatoms. The zero-order chi connectivity index (χ0) is 19.3. The Kier molecular flexibility index (Phi) is 6.54. The molecule has 0 saturated carbocycles. The molecule has 0 aliphatic carbocycles. The van der Waals surface area contributed by atoms with Crippen LogP contribution in [-0.4, -0.2) is 32.8 Å². The highest BCUT2D eigenvalue weighted by Crippen LogP contribution is 2.20. The lowest BCUT2D eigenvalue weighted by molar-refractivity contribution is 0.114. The average Bonchev–Trinajstić information content (AvgIpc) is 3.16. The number of halogens is 1. The van der Waals surface area contributed by atoms with Crippen molar-refractivity contribution in [1.82, 2.24) is 5.32 Å². The standard InChI is InChI=1S/C18H20ClN3O3S2/c19-13-3-5-15(6-4-13)22-27(23,24)17-9-7-14(8-10-17)21-18(26)20-12-16-2-1-11-25-16/h3-10,16,22H,1-2,11-12H2,(H2,20,21,26). The summed E-state index contributed by atoms with van der Waals surface area (Å²) in [6.45, 7) is 1.45. The first-order chi connectivity index (χ1) is 12.9. The maximum absolute atomic E-state index is 12.5. The van der Waals surface area contributed by atoms with Crippen LogP contribution in [0.4, 0.5) is 11.4 Å². The topological polar surface area (TPSA) is 79.5 Å². The van der Waals surface area contributed by atoms with Gasteiger partial charge in [0.2, 0.25) is 0 Å². The predicted octanol–water partition coefficient (Wildman–Crippen LogP) is 3.61. The number of rotatable bonds is 6. The summed E-state index contributed by atoms with van der Waals surface area (Å²) in [7, 11) is -3.68. The zero-order valence-corrected chi connectivity index (χ0v) is 16.8. The van der Waals surface area contributed by atoms with Gasteiger partial charge in [-0.2, -0.15) is 0 Å². The van der Waals surface area contributed by atoms with Gasteiger partial charge in [0.05, 0.1) is 11.0 Å². The van der Waals surface area contributed by atoms with E-state index in [2.05, 4.69) is 15.4 Å². The van der Waals surface area contributed by atoms with E-state index in [9.17, 15) is 8.42 Å². The second-order valence-corrected chi connectivity index (χ2v) is 8.63. The summed E-state index contributed by atoms with van der Waals surface area (Å²) < 4.78 is 33.0. The minimum atomic E-state index is -3.68. The number of hydrogen-bond acceptors (Lipinski definition) is 4. The van der Waals surface area contributed by atoms with Gasteiger partial charge < -0.3 is 15.4 Å². The van der Waals surface area contributed by atoms with Crippen molar-refractivity contribution < 1.29 is 13.2 Å². The number of anilines is 2. The minimum Gasteiger partial charge on any atom is -0.376 e. The van der Waals surface area contributed by atoms with Crippen LogP contribution in [0.1, 0.15) is 12.8 Å². The van der Waals surface area contributed by atoms with Crippen LogP contribution < -0.4 is 15.4 Å². The Labute approximate surface area is 169 Å². The van der Waals surface area contributed by atoms with Crippen LogP contribution in [0.25, 0.3) is 0 Å². The predicted molar refractivity (Wildman–Crippen MR) is 112 cm³/mol. The summed E-state index contributed by atoms with van der Waals surface area (Å²) in [4.78, 5) is 0.154. The summed E-state index contributed by atoms with van der Waals surface area (Å²) in [6.07, 6.45) is 2.30. The molecule has 1 saturated heterocycles. The Balaban J connectivity index is 1.56. The fourth-order valence-corrected chi connectivity index (χ4v) is 4.02. The highest BCUT2D eigenvalue weighted by atomic mass is 35.5. The maximum Gasteiger partial charge on any atom is 0.261 e. The van der Waals surface area contributed by atoms with Crippen molar-refractivity contribution in [2.45, 2.75) is 23.8 Å². The number of ether oxygens (including phenoxy) is 1. The molecule has 1 aliphatic rings. The van der Waals surface area contributed by atoms with Gasteiger partial charge in [-0.05, 0) is 73.6 Å². The summed E-state index contributed by atoms with van der Waals surface area (Å²) in [5, 5.41) is 7.16. The highest BCUT2D eigenvalue weighted by Gasteiger charge is 2.16. The SMILES string of the molecule is O=S(=O)(Nc1ccc(Cl)cc1)c1ccc(NC(=S)NCC2CCCO2)cc1. The van der Waals surface area contributed by atoms with Crippen molar-refractivity contribution in [2.24, 2.45) is 0 Å². The van der Waals surface area contributed by atoms with Crippen LogP contribution >= 0.6 is 23.8 Å². The van der Waals surface area contributed by atoms with E-state index in [1.54, 1.807) is 36.4 Å². The molecule has 27 heavy (non-hydrogen) atoms. The van der Waals surface area contributed by atoms with Crippen LogP contribution in [-0.2, 0) is 14.8 Å². The van der Waals surface area contributed by atoms with Gasteiger partial charge in [-0.1, -0.05) is 11.6 Å². The van der Waals surface area contributed by atoms with Gasteiger partial charge in [-0.25, -0.2) is 8.42 Å². The van der Waals surface area contributed by atoms with E-state index in [4.69, 9.17) is 28.6 Å². The largest absolute Gasteiger partial charge is 0.376 e. The van der Waals surface area contributed by atoms with E-state index in [1.165, 1.54) is 12.1 Å². The van der Waals surface area contributed by atoms with Crippen LogP contribution in [0.5, 0.6) is 0 Å². The van der Waals surface area contributed by atoms with Crippen LogP contribution in [0, 0.1) is 0 Å². The second-order valence-electron chi connectivity index (χ2n) is 6.11. The summed E-state index contributed by atoms with van der Waals surface area (Å²) in [5.74, 6) is 0. The number of sulfonamides is 1. The molecule has 2 aromatic carbocycles. The molecule has 0 spiro atoms. The number of hydrogen-bond donors (Lipinski definition) is 3. The molecule has 1 aliphatic heterocycles. The average molecular weight is 426 g/mol. The van der Waals surface area contributed by atoms with E-state index < -0.39 is 10.0 Å². The molecule has 1 unspecified atom stereocenters. The Bertz CT molecular complexity index is 881. The first kappa shape index (κ1) is 19.9. The maximum atomic E-state index is 12.5. The lowest BCUT2D eigenvalue weighted by Crippen LogP contribution is -2.34.